The number of likely N-dealkylation sites (N-methyl/N-ethyl adjacent to an activating group) is 1. The van der Waals surface area contributed by atoms with E-state index in [1.54, 1.807) is 25.2 Å². The molecule has 0 spiro atoms. The maximum atomic E-state index is 12.7. The van der Waals surface area contributed by atoms with Crippen LogP contribution in [0, 0.1) is 0 Å². The number of rotatable bonds is 8. The van der Waals surface area contributed by atoms with E-state index in [1.165, 1.54) is 35.2 Å². The van der Waals surface area contributed by atoms with Crippen LogP contribution in [0.25, 0.3) is 10.9 Å². The van der Waals surface area contributed by atoms with Crippen LogP contribution in [0.4, 0.5) is 0 Å². The SMILES string of the molecule is COc1ccc(S(=O)(=O)N(C)CCNC(C)c2nc3ccccc3c(=O)n2C)cc1. The predicted molar refractivity (Wildman–Crippen MR) is 116 cm³/mol. The molecule has 1 unspecified atom stereocenters. The molecule has 1 aromatic heterocycles. The Hall–Kier alpha value is -2.75. The van der Waals surface area contributed by atoms with Crippen molar-refractivity contribution in [3.63, 3.8) is 0 Å². The molecule has 8 nitrogen and oxygen atoms in total. The van der Waals surface area contributed by atoms with Crippen molar-refractivity contribution < 1.29 is 13.2 Å². The number of aromatic nitrogens is 2. The van der Waals surface area contributed by atoms with E-state index in [-0.39, 0.29) is 23.0 Å². The molecular formula is C21H26N4O4S. The molecule has 30 heavy (non-hydrogen) atoms. The fourth-order valence-electron chi connectivity index (χ4n) is 3.20. The highest BCUT2D eigenvalue weighted by atomic mass is 32.2. The maximum Gasteiger partial charge on any atom is 0.261 e. The molecule has 160 valence electrons. The van der Waals surface area contributed by atoms with Crippen molar-refractivity contribution in [3.05, 3.63) is 64.7 Å². The Morgan fingerprint density at radius 3 is 2.50 bits per heavy atom. The number of sulfonamides is 1. The van der Waals surface area contributed by atoms with Crippen LogP contribution in [0.15, 0.2) is 58.2 Å². The summed E-state index contributed by atoms with van der Waals surface area (Å²) in [4.78, 5) is 17.4. The van der Waals surface area contributed by atoms with Crippen LogP contribution in [-0.2, 0) is 17.1 Å². The van der Waals surface area contributed by atoms with Gasteiger partial charge in [0.1, 0.15) is 11.6 Å². The van der Waals surface area contributed by atoms with Gasteiger partial charge in [-0.05, 0) is 43.3 Å². The largest absolute Gasteiger partial charge is 0.497 e. The van der Waals surface area contributed by atoms with Crippen LogP contribution in [0.3, 0.4) is 0 Å². The van der Waals surface area contributed by atoms with Gasteiger partial charge in [-0.3, -0.25) is 9.36 Å². The molecule has 9 heteroatoms. The minimum atomic E-state index is -3.60. The molecule has 0 aliphatic rings. The minimum absolute atomic E-state index is 0.108. The molecule has 0 fully saturated rings. The van der Waals surface area contributed by atoms with Crippen molar-refractivity contribution in [2.45, 2.75) is 17.9 Å². The van der Waals surface area contributed by atoms with Crippen molar-refractivity contribution in [1.82, 2.24) is 19.2 Å². The van der Waals surface area contributed by atoms with E-state index in [4.69, 9.17) is 4.74 Å². The van der Waals surface area contributed by atoms with Crippen molar-refractivity contribution in [3.8, 4) is 5.75 Å². The molecule has 0 saturated heterocycles. The maximum absolute atomic E-state index is 12.7. The van der Waals surface area contributed by atoms with Gasteiger partial charge in [-0.1, -0.05) is 12.1 Å². The summed E-state index contributed by atoms with van der Waals surface area (Å²) in [5, 5.41) is 3.83. The normalized spacial score (nSPS) is 13.0. The van der Waals surface area contributed by atoms with E-state index in [0.717, 1.165) is 0 Å². The van der Waals surface area contributed by atoms with Crippen LogP contribution >= 0.6 is 0 Å². The second kappa shape index (κ2) is 8.95. The summed E-state index contributed by atoms with van der Waals surface area (Å²) in [7, 11) is 1.15. The van der Waals surface area contributed by atoms with Gasteiger partial charge in [0, 0.05) is 27.2 Å². The Morgan fingerprint density at radius 1 is 1.17 bits per heavy atom. The van der Waals surface area contributed by atoms with Crippen LogP contribution in [0.5, 0.6) is 5.75 Å². The van der Waals surface area contributed by atoms with E-state index in [2.05, 4.69) is 10.3 Å². The summed E-state index contributed by atoms with van der Waals surface area (Å²) in [5.41, 5.74) is 0.534. The van der Waals surface area contributed by atoms with Gasteiger partial charge in [0.25, 0.3) is 5.56 Å². The smallest absolute Gasteiger partial charge is 0.261 e. The van der Waals surface area contributed by atoms with E-state index in [1.807, 2.05) is 25.1 Å². The lowest BCUT2D eigenvalue weighted by molar-refractivity contribution is 0.414. The number of hydrogen-bond acceptors (Lipinski definition) is 6. The second-order valence-electron chi connectivity index (χ2n) is 7.03. The lowest BCUT2D eigenvalue weighted by Crippen LogP contribution is -2.36. The molecule has 1 heterocycles. The first kappa shape index (κ1) is 21.9. The zero-order chi connectivity index (χ0) is 21.9. The lowest BCUT2D eigenvalue weighted by atomic mass is 10.2. The molecule has 0 aliphatic carbocycles. The van der Waals surface area contributed by atoms with Crippen LogP contribution in [0.2, 0.25) is 0 Å². The molecule has 0 saturated carbocycles. The average Bonchev–Trinajstić information content (AvgIpc) is 2.76. The Labute approximate surface area is 176 Å². The highest BCUT2D eigenvalue weighted by Gasteiger charge is 2.21. The van der Waals surface area contributed by atoms with Gasteiger partial charge in [0.15, 0.2) is 0 Å². The summed E-state index contributed by atoms with van der Waals surface area (Å²) in [5.74, 6) is 1.19. The van der Waals surface area contributed by atoms with Gasteiger partial charge in [0.05, 0.1) is 29.0 Å². The standard InChI is InChI=1S/C21H26N4O4S/c1-15(20-23-19-8-6-5-7-18(19)21(26)25(20)3)22-13-14-24(2)30(27,28)17-11-9-16(29-4)10-12-17/h5-12,15,22H,13-14H2,1-4H3. The number of methoxy groups -OCH3 is 1. The minimum Gasteiger partial charge on any atom is -0.497 e. The van der Waals surface area contributed by atoms with E-state index in [9.17, 15) is 13.2 Å². The van der Waals surface area contributed by atoms with Gasteiger partial charge in [-0.2, -0.15) is 4.31 Å². The summed E-state index contributed by atoms with van der Waals surface area (Å²) in [6.45, 7) is 2.56. The number of nitrogens with zero attached hydrogens (tertiary/aromatic N) is 3. The van der Waals surface area contributed by atoms with Crippen LogP contribution < -0.4 is 15.6 Å². The Morgan fingerprint density at radius 2 is 1.83 bits per heavy atom. The van der Waals surface area contributed by atoms with Crippen LogP contribution in [-0.4, -0.2) is 49.5 Å². The summed E-state index contributed by atoms with van der Waals surface area (Å²) < 4.78 is 33.3. The van der Waals surface area contributed by atoms with E-state index < -0.39 is 10.0 Å². The number of hydrogen-bond donors (Lipinski definition) is 1. The first-order valence-electron chi connectivity index (χ1n) is 9.55. The second-order valence-corrected chi connectivity index (χ2v) is 9.07. The fraction of sp³-hybridized carbons (Fsp3) is 0.333. The summed E-state index contributed by atoms with van der Waals surface area (Å²) >= 11 is 0. The van der Waals surface area contributed by atoms with Crippen LogP contribution in [0.1, 0.15) is 18.8 Å². The van der Waals surface area contributed by atoms with Gasteiger partial charge in [0.2, 0.25) is 10.0 Å². The van der Waals surface area contributed by atoms with Gasteiger partial charge >= 0.3 is 0 Å². The molecule has 0 radical (unpaired) electrons. The average molecular weight is 431 g/mol. The van der Waals surface area contributed by atoms with E-state index in [0.29, 0.717) is 29.0 Å². The lowest BCUT2D eigenvalue weighted by Gasteiger charge is -2.20. The highest BCUT2D eigenvalue weighted by molar-refractivity contribution is 7.89. The number of ether oxygens (including phenoxy) is 1. The van der Waals surface area contributed by atoms with Crippen molar-refractivity contribution in [2.24, 2.45) is 7.05 Å². The molecule has 2 aromatic carbocycles. The molecular weight excluding hydrogens is 404 g/mol. The first-order chi connectivity index (χ1) is 14.3. The van der Waals surface area contributed by atoms with E-state index >= 15 is 0 Å². The molecule has 0 amide bonds. The summed E-state index contributed by atoms with van der Waals surface area (Å²) in [6, 6.07) is 13.3. The topological polar surface area (TPSA) is 93.5 Å². The monoisotopic (exact) mass is 430 g/mol. The quantitative estimate of drug-likeness (QED) is 0.587. The molecule has 1 atom stereocenters. The Balaban J connectivity index is 1.68. The van der Waals surface area contributed by atoms with Crippen molar-refractivity contribution in [2.75, 3.05) is 27.2 Å². The fourth-order valence-corrected chi connectivity index (χ4v) is 4.37. The Kier molecular flexibility index (Phi) is 6.55. The first-order valence-corrected chi connectivity index (χ1v) is 11.0. The number of fused-ring (bicyclic) bond motifs is 1. The van der Waals surface area contributed by atoms with Gasteiger partial charge in [-0.15, -0.1) is 0 Å². The third-order valence-electron chi connectivity index (χ3n) is 5.05. The zero-order valence-electron chi connectivity index (χ0n) is 17.5. The molecule has 3 aromatic rings. The van der Waals surface area contributed by atoms with Crippen molar-refractivity contribution >= 4 is 20.9 Å². The molecule has 0 aliphatic heterocycles. The number of para-hydroxylation sites is 1. The summed E-state index contributed by atoms with van der Waals surface area (Å²) in [6.07, 6.45) is 0. The Bertz CT molecular complexity index is 1190. The third-order valence-corrected chi connectivity index (χ3v) is 6.92. The zero-order valence-corrected chi connectivity index (χ0v) is 18.3. The van der Waals surface area contributed by atoms with Crippen molar-refractivity contribution in [1.29, 1.82) is 0 Å². The molecule has 1 N–H and O–H groups in total. The molecule has 0 bridgehead atoms. The predicted octanol–water partition coefficient (Wildman–Crippen LogP) is 1.91. The highest BCUT2D eigenvalue weighted by Crippen LogP contribution is 2.18. The van der Waals surface area contributed by atoms with Gasteiger partial charge < -0.3 is 10.1 Å². The third kappa shape index (κ3) is 4.38. The van der Waals surface area contributed by atoms with Gasteiger partial charge in [-0.25, -0.2) is 13.4 Å². The number of benzene rings is 2. The number of nitrogens with one attached hydrogen (secondary N) is 1. The molecule has 3 rings (SSSR count).